The first-order valence-electron chi connectivity index (χ1n) is 5.52. The Morgan fingerprint density at radius 1 is 1.50 bits per heavy atom. The van der Waals surface area contributed by atoms with Crippen molar-refractivity contribution < 1.29 is 4.79 Å². The van der Waals surface area contributed by atoms with Gasteiger partial charge in [-0.2, -0.15) is 0 Å². The maximum Gasteiger partial charge on any atom is 0.252 e. The van der Waals surface area contributed by atoms with Crippen molar-refractivity contribution in [1.29, 1.82) is 0 Å². The molecule has 2 aliphatic heterocycles. The molecule has 2 aliphatic rings. The highest BCUT2D eigenvalue weighted by Crippen LogP contribution is 2.48. The third kappa shape index (κ3) is 1.15. The zero-order valence-corrected chi connectivity index (χ0v) is 10.0. The number of nitrogens with two attached hydrogens (primary N) is 2. The van der Waals surface area contributed by atoms with Crippen molar-refractivity contribution in [2.24, 2.45) is 5.73 Å². The van der Waals surface area contributed by atoms with E-state index >= 15 is 0 Å². The Hall–Kier alpha value is -1.07. The van der Waals surface area contributed by atoms with E-state index in [4.69, 9.17) is 11.5 Å². The molecule has 0 aliphatic carbocycles. The normalized spacial score (nSPS) is 28.1. The molecular weight excluding hydrogens is 222 g/mol. The minimum absolute atomic E-state index is 0.352. The maximum absolute atomic E-state index is 11.5. The molecule has 16 heavy (non-hydrogen) atoms. The third-order valence-electron chi connectivity index (χ3n) is 3.89. The molecule has 0 spiro atoms. The summed E-state index contributed by atoms with van der Waals surface area (Å²) in [4.78, 5) is 15.1. The topological polar surface area (TPSA) is 72.3 Å². The molecule has 4 N–H and O–H groups in total. The number of fused-ring (bicyclic) bond motifs is 4. The Morgan fingerprint density at radius 2 is 2.25 bits per heavy atom. The number of nitrogens with zero attached hydrogens (tertiary/aromatic N) is 1. The van der Waals surface area contributed by atoms with E-state index in [0.717, 1.165) is 18.4 Å². The fourth-order valence-corrected chi connectivity index (χ4v) is 4.29. The van der Waals surface area contributed by atoms with Crippen LogP contribution in [-0.4, -0.2) is 23.9 Å². The van der Waals surface area contributed by atoms with E-state index < -0.39 is 0 Å². The quantitative estimate of drug-likeness (QED) is 0.768. The van der Waals surface area contributed by atoms with Crippen molar-refractivity contribution in [2.75, 3.05) is 12.8 Å². The molecule has 4 nitrogen and oxygen atoms in total. The highest BCUT2D eigenvalue weighted by atomic mass is 32.1. The molecule has 0 radical (unpaired) electrons. The van der Waals surface area contributed by atoms with Crippen molar-refractivity contribution in [3.05, 3.63) is 16.0 Å². The van der Waals surface area contributed by atoms with Gasteiger partial charge in [0.15, 0.2) is 0 Å². The Bertz CT molecular complexity index is 468. The summed E-state index contributed by atoms with van der Waals surface area (Å²) < 4.78 is 0. The minimum Gasteiger partial charge on any atom is -0.390 e. The van der Waals surface area contributed by atoms with E-state index in [-0.39, 0.29) is 5.91 Å². The number of thiophene rings is 1. The second-order valence-electron chi connectivity index (χ2n) is 4.66. The van der Waals surface area contributed by atoms with Gasteiger partial charge >= 0.3 is 0 Å². The van der Waals surface area contributed by atoms with Gasteiger partial charge in [-0.05, 0) is 31.9 Å². The molecule has 0 aromatic carbocycles. The number of carbonyl (C=O) groups excluding carboxylic acids is 1. The van der Waals surface area contributed by atoms with Crippen molar-refractivity contribution in [3.63, 3.8) is 0 Å². The summed E-state index contributed by atoms with van der Waals surface area (Å²) >= 11 is 1.54. The van der Waals surface area contributed by atoms with E-state index in [9.17, 15) is 4.79 Å². The van der Waals surface area contributed by atoms with Crippen LogP contribution in [0.5, 0.6) is 0 Å². The lowest BCUT2D eigenvalue weighted by molar-refractivity contribution is 0.0997. The number of rotatable bonds is 1. The van der Waals surface area contributed by atoms with Crippen molar-refractivity contribution in [1.82, 2.24) is 4.90 Å². The predicted octanol–water partition coefficient (Wildman–Crippen LogP) is 1.12. The van der Waals surface area contributed by atoms with E-state index in [1.165, 1.54) is 11.3 Å². The SMILES string of the molecule is CN1C2CCC1c1c(sc(N)c1C(N)=O)C2. The van der Waals surface area contributed by atoms with Crippen LogP contribution in [0.4, 0.5) is 5.00 Å². The lowest BCUT2D eigenvalue weighted by Crippen LogP contribution is -2.34. The number of hydrogen-bond donors (Lipinski definition) is 2. The second kappa shape index (κ2) is 3.21. The highest BCUT2D eigenvalue weighted by Gasteiger charge is 2.41. The maximum atomic E-state index is 11.5. The summed E-state index contributed by atoms with van der Waals surface area (Å²) in [6, 6.07) is 0.973. The number of hydrogen-bond acceptors (Lipinski definition) is 4. The Labute approximate surface area is 98.2 Å². The van der Waals surface area contributed by atoms with Gasteiger partial charge < -0.3 is 11.5 Å². The van der Waals surface area contributed by atoms with E-state index in [0.29, 0.717) is 22.6 Å². The molecule has 2 atom stereocenters. The molecule has 1 aromatic rings. The average Bonchev–Trinajstić information content (AvgIpc) is 2.64. The van der Waals surface area contributed by atoms with Crippen molar-refractivity contribution in [2.45, 2.75) is 31.3 Å². The van der Waals surface area contributed by atoms with Crippen molar-refractivity contribution in [3.8, 4) is 0 Å². The molecule has 2 unspecified atom stereocenters. The van der Waals surface area contributed by atoms with Crippen LogP contribution >= 0.6 is 11.3 Å². The lowest BCUT2D eigenvalue weighted by atomic mass is 9.97. The second-order valence-corrected chi connectivity index (χ2v) is 5.80. The Kier molecular flexibility index (Phi) is 2.03. The molecule has 1 fully saturated rings. The Morgan fingerprint density at radius 3 is 2.94 bits per heavy atom. The van der Waals surface area contributed by atoms with Gasteiger partial charge in [0.1, 0.15) is 0 Å². The predicted molar refractivity (Wildman–Crippen MR) is 64.5 cm³/mol. The lowest BCUT2D eigenvalue weighted by Gasteiger charge is -2.31. The van der Waals surface area contributed by atoms with E-state index in [1.54, 1.807) is 11.3 Å². The van der Waals surface area contributed by atoms with Crippen LogP contribution in [0, 0.1) is 0 Å². The molecule has 3 rings (SSSR count). The number of primary amides is 1. The third-order valence-corrected chi connectivity index (χ3v) is 4.95. The van der Waals surface area contributed by atoms with Crippen LogP contribution in [0.2, 0.25) is 0 Å². The van der Waals surface area contributed by atoms with Gasteiger partial charge in [-0.25, -0.2) is 0 Å². The summed E-state index contributed by atoms with van der Waals surface area (Å²) in [5, 5.41) is 0.596. The van der Waals surface area contributed by atoms with Crippen LogP contribution in [0.1, 0.15) is 39.7 Å². The summed E-state index contributed by atoms with van der Waals surface area (Å²) in [6.07, 6.45) is 3.34. The van der Waals surface area contributed by atoms with Gasteiger partial charge in [0.05, 0.1) is 10.6 Å². The number of anilines is 1. The van der Waals surface area contributed by atoms with Gasteiger partial charge in [-0.1, -0.05) is 0 Å². The standard InChI is InChI=1S/C11H15N3OS/c1-14-5-2-3-6(14)8-7(4-5)16-11(13)9(8)10(12)15/h5-6H,2-4,13H2,1H3,(H2,12,15). The molecule has 3 heterocycles. The van der Waals surface area contributed by atoms with Gasteiger partial charge in [-0.3, -0.25) is 9.69 Å². The molecule has 86 valence electrons. The van der Waals surface area contributed by atoms with Crippen molar-refractivity contribution >= 4 is 22.2 Å². The number of likely N-dealkylation sites (N-methyl/N-ethyl adjacent to an activating group) is 1. The highest BCUT2D eigenvalue weighted by molar-refractivity contribution is 7.16. The summed E-state index contributed by atoms with van der Waals surface area (Å²) in [5.41, 5.74) is 13.0. The Balaban J connectivity index is 2.19. The average molecular weight is 237 g/mol. The first kappa shape index (κ1) is 10.1. The first-order chi connectivity index (χ1) is 7.59. The number of nitrogen functional groups attached to an aromatic ring is 1. The molecule has 0 saturated carbocycles. The van der Waals surface area contributed by atoms with Gasteiger partial charge in [0.2, 0.25) is 0 Å². The van der Waals surface area contributed by atoms with Crippen LogP contribution in [0.25, 0.3) is 0 Å². The summed E-state index contributed by atoms with van der Waals surface area (Å²) in [5.74, 6) is -0.381. The fraction of sp³-hybridized carbons (Fsp3) is 0.545. The van der Waals surface area contributed by atoms with Crippen LogP contribution in [-0.2, 0) is 6.42 Å². The van der Waals surface area contributed by atoms with E-state index in [2.05, 4.69) is 11.9 Å². The molecule has 1 saturated heterocycles. The molecule has 1 aromatic heterocycles. The molecule has 2 bridgehead atoms. The first-order valence-corrected chi connectivity index (χ1v) is 6.34. The van der Waals surface area contributed by atoms with Gasteiger partial charge in [0, 0.05) is 17.0 Å². The molecular formula is C11H15N3OS. The van der Waals surface area contributed by atoms with Crippen LogP contribution in [0.15, 0.2) is 0 Å². The summed E-state index contributed by atoms with van der Waals surface area (Å²) in [6.45, 7) is 0. The zero-order chi connectivity index (χ0) is 11.4. The summed E-state index contributed by atoms with van der Waals surface area (Å²) in [7, 11) is 2.13. The monoisotopic (exact) mass is 237 g/mol. The zero-order valence-electron chi connectivity index (χ0n) is 9.19. The largest absolute Gasteiger partial charge is 0.390 e. The molecule has 5 heteroatoms. The smallest absolute Gasteiger partial charge is 0.252 e. The molecule has 1 amide bonds. The fourth-order valence-electron chi connectivity index (χ4n) is 3.09. The van der Waals surface area contributed by atoms with Crippen LogP contribution in [0.3, 0.4) is 0 Å². The minimum atomic E-state index is -0.381. The van der Waals surface area contributed by atoms with Crippen LogP contribution < -0.4 is 11.5 Å². The van der Waals surface area contributed by atoms with Gasteiger partial charge in [-0.15, -0.1) is 11.3 Å². The number of carbonyl (C=O) groups is 1. The van der Waals surface area contributed by atoms with E-state index in [1.807, 2.05) is 0 Å². The van der Waals surface area contributed by atoms with Gasteiger partial charge in [0.25, 0.3) is 5.91 Å². The number of amides is 1.